The van der Waals surface area contributed by atoms with Crippen molar-refractivity contribution in [3.8, 4) is 0 Å². The van der Waals surface area contributed by atoms with Gasteiger partial charge in [0.2, 0.25) is 0 Å². The zero-order chi connectivity index (χ0) is 16.2. The third-order valence-corrected chi connectivity index (χ3v) is 4.18. The molecule has 0 aliphatic rings. The zero-order valence-corrected chi connectivity index (χ0v) is 15.6. The number of rotatable bonds is 14. The van der Waals surface area contributed by atoms with E-state index in [1.807, 2.05) is 0 Å². The van der Waals surface area contributed by atoms with Gasteiger partial charge in [0.1, 0.15) is 0 Å². The van der Waals surface area contributed by atoms with Gasteiger partial charge < -0.3 is 5.11 Å². The Balaban J connectivity index is 0. The van der Waals surface area contributed by atoms with Crippen molar-refractivity contribution in [2.24, 2.45) is 5.92 Å². The quantitative estimate of drug-likeness (QED) is 0.338. The highest BCUT2D eigenvalue weighted by Gasteiger charge is 2.07. The van der Waals surface area contributed by atoms with Gasteiger partial charge in [-0.1, -0.05) is 111 Å². The van der Waals surface area contributed by atoms with Crippen LogP contribution in [0.15, 0.2) is 0 Å². The lowest BCUT2D eigenvalue weighted by Crippen LogP contribution is -2.03. The molecule has 0 heterocycles. The fourth-order valence-electron chi connectivity index (χ4n) is 2.66. The van der Waals surface area contributed by atoms with E-state index in [2.05, 4.69) is 27.7 Å². The maximum Gasteiger partial charge on any atom is 0.0433 e. The number of hydrogen-bond donors (Lipinski definition) is 1. The van der Waals surface area contributed by atoms with Gasteiger partial charge >= 0.3 is 0 Å². The molecule has 1 nitrogen and oxygen atoms in total. The molecular formula is C20H44O. The van der Waals surface area contributed by atoms with Crippen molar-refractivity contribution in [2.45, 2.75) is 118 Å². The summed E-state index contributed by atoms with van der Waals surface area (Å²) in [4.78, 5) is 0. The Morgan fingerprint density at radius 3 is 1.33 bits per heavy atom. The fourth-order valence-corrected chi connectivity index (χ4v) is 2.66. The lowest BCUT2D eigenvalue weighted by atomic mass is 9.92. The van der Waals surface area contributed by atoms with Crippen LogP contribution in [0, 0.1) is 5.92 Å². The Morgan fingerprint density at radius 2 is 0.905 bits per heavy atom. The van der Waals surface area contributed by atoms with Crippen molar-refractivity contribution in [2.75, 3.05) is 6.61 Å². The molecule has 1 N–H and O–H groups in total. The van der Waals surface area contributed by atoms with Gasteiger partial charge in [0, 0.05) is 6.61 Å². The van der Waals surface area contributed by atoms with Crippen LogP contribution in [-0.4, -0.2) is 11.7 Å². The first-order valence-electron chi connectivity index (χ1n) is 9.87. The normalized spacial score (nSPS) is 11.9. The first-order chi connectivity index (χ1) is 10.3. The molecule has 1 heteroatoms. The smallest absolute Gasteiger partial charge is 0.0433 e. The summed E-state index contributed by atoms with van der Waals surface area (Å²) in [6, 6.07) is 0. The van der Waals surface area contributed by atoms with Crippen molar-refractivity contribution in [3.05, 3.63) is 0 Å². The number of aliphatic hydroxyl groups is 1. The molecule has 21 heavy (non-hydrogen) atoms. The highest BCUT2D eigenvalue weighted by atomic mass is 16.3. The molecular weight excluding hydrogens is 256 g/mol. The standard InChI is InChI=1S/C14H30O.C6H14/c1-3-5-7-9-11-14(12-13-15)10-8-6-4-2;1-3-5-6-4-2/h14-15H,3-13H2,1-2H3;3-6H2,1-2H3. The number of unbranched alkanes of at least 4 members (excludes halogenated alkanes) is 8. The van der Waals surface area contributed by atoms with Gasteiger partial charge in [-0.2, -0.15) is 0 Å². The maximum absolute atomic E-state index is 9.00. The Bertz CT molecular complexity index is 152. The van der Waals surface area contributed by atoms with Gasteiger partial charge in [-0.05, 0) is 12.3 Å². The third-order valence-electron chi connectivity index (χ3n) is 4.18. The van der Waals surface area contributed by atoms with Crippen LogP contribution < -0.4 is 0 Å². The molecule has 0 aliphatic carbocycles. The zero-order valence-electron chi connectivity index (χ0n) is 15.6. The van der Waals surface area contributed by atoms with E-state index in [-0.39, 0.29) is 0 Å². The number of hydrogen-bond acceptors (Lipinski definition) is 1. The summed E-state index contributed by atoms with van der Waals surface area (Å²) < 4.78 is 0. The summed E-state index contributed by atoms with van der Waals surface area (Å²) in [5.41, 5.74) is 0. The first-order valence-corrected chi connectivity index (χ1v) is 9.87. The van der Waals surface area contributed by atoms with Crippen LogP contribution in [0.25, 0.3) is 0 Å². The van der Waals surface area contributed by atoms with Gasteiger partial charge in [-0.15, -0.1) is 0 Å². The van der Waals surface area contributed by atoms with Crippen molar-refractivity contribution in [1.82, 2.24) is 0 Å². The highest BCUT2D eigenvalue weighted by Crippen LogP contribution is 2.20. The summed E-state index contributed by atoms with van der Waals surface area (Å²) in [6.07, 6.45) is 18.7. The lowest BCUT2D eigenvalue weighted by Gasteiger charge is -2.15. The van der Waals surface area contributed by atoms with Crippen LogP contribution in [0.4, 0.5) is 0 Å². The van der Waals surface area contributed by atoms with E-state index < -0.39 is 0 Å². The molecule has 0 amide bonds. The van der Waals surface area contributed by atoms with Crippen molar-refractivity contribution in [1.29, 1.82) is 0 Å². The van der Waals surface area contributed by atoms with Crippen LogP contribution in [0.1, 0.15) is 118 Å². The molecule has 1 unspecified atom stereocenters. The van der Waals surface area contributed by atoms with E-state index in [0.717, 1.165) is 12.3 Å². The molecule has 0 aromatic heterocycles. The van der Waals surface area contributed by atoms with Crippen molar-refractivity contribution >= 4 is 0 Å². The molecule has 0 fully saturated rings. The molecule has 0 radical (unpaired) electrons. The third kappa shape index (κ3) is 22.4. The predicted molar refractivity (Wildman–Crippen MR) is 97.9 cm³/mol. The van der Waals surface area contributed by atoms with E-state index in [0.29, 0.717) is 6.61 Å². The average molecular weight is 301 g/mol. The summed E-state index contributed by atoms with van der Waals surface area (Å²) >= 11 is 0. The van der Waals surface area contributed by atoms with Crippen LogP contribution in [-0.2, 0) is 0 Å². The van der Waals surface area contributed by atoms with Crippen molar-refractivity contribution < 1.29 is 5.11 Å². The molecule has 0 bridgehead atoms. The SMILES string of the molecule is CCCCCC.CCCCCCC(CCO)CCCCC. The van der Waals surface area contributed by atoms with E-state index >= 15 is 0 Å². The molecule has 0 saturated carbocycles. The largest absolute Gasteiger partial charge is 0.396 e. The van der Waals surface area contributed by atoms with Gasteiger partial charge in [0.05, 0.1) is 0 Å². The Hall–Kier alpha value is -0.0400. The minimum absolute atomic E-state index is 0.380. The Kier molecular flexibility index (Phi) is 24.6. The van der Waals surface area contributed by atoms with Gasteiger partial charge in [-0.3, -0.25) is 0 Å². The molecule has 0 spiro atoms. The Labute approximate surface area is 135 Å². The average Bonchev–Trinajstić information content (AvgIpc) is 2.50. The fraction of sp³-hybridized carbons (Fsp3) is 1.00. The molecule has 0 aromatic carbocycles. The Morgan fingerprint density at radius 1 is 0.524 bits per heavy atom. The molecule has 130 valence electrons. The summed E-state index contributed by atoms with van der Waals surface area (Å²) in [5, 5.41) is 9.00. The number of aliphatic hydroxyl groups excluding tert-OH is 1. The van der Waals surface area contributed by atoms with Gasteiger partial charge in [0.25, 0.3) is 0 Å². The topological polar surface area (TPSA) is 20.2 Å². The molecule has 1 atom stereocenters. The van der Waals surface area contributed by atoms with Crippen LogP contribution >= 0.6 is 0 Å². The van der Waals surface area contributed by atoms with Crippen molar-refractivity contribution in [3.63, 3.8) is 0 Å². The minimum Gasteiger partial charge on any atom is -0.396 e. The molecule has 0 aromatic rings. The van der Waals surface area contributed by atoms with Gasteiger partial charge in [-0.25, -0.2) is 0 Å². The second-order valence-corrected chi connectivity index (χ2v) is 6.43. The lowest BCUT2D eigenvalue weighted by molar-refractivity contribution is 0.241. The van der Waals surface area contributed by atoms with Gasteiger partial charge in [0.15, 0.2) is 0 Å². The molecule has 0 saturated heterocycles. The molecule has 0 aliphatic heterocycles. The van der Waals surface area contributed by atoms with Crippen LogP contribution in [0.3, 0.4) is 0 Å². The van der Waals surface area contributed by atoms with E-state index in [4.69, 9.17) is 5.11 Å². The van der Waals surface area contributed by atoms with E-state index in [9.17, 15) is 0 Å². The minimum atomic E-state index is 0.380. The predicted octanol–water partition coefficient (Wildman–Crippen LogP) is 7.12. The van der Waals surface area contributed by atoms with E-state index in [1.165, 1.54) is 83.5 Å². The maximum atomic E-state index is 9.00. The second kappa shape index (κ2) is 22.2. The van der Waals surface area contributed by atoms with Crippen LogP contribution in [0.5, 0.6) is 0 Å². The summed E-state index contributed by atoms with van der Waals surface area (Å²) in [6.45, 7) is 9.35. The second-order valence-electron chi connectivity index (χ2n) is 6.43. The monoisotopic (exact) mass is 300 g/mol. The molecule has 0 rings (SSSR count). The highest BCUT2D eigenvalue weighted by molar-refractivity contribution is 4.60. The first kappa shape index (κ1) is 23.2. The summed E-state index contributed by atoms with van der Waals surface area (Å²) in [7, 11) is 0. The summed E-state index contributed by atoms with van der Waals surface area (Å²) in [5.74, 6) is 0.790. The van der Waals surface area contributed by atoms with Crippen LogP contribution in [0.2, 0.25) is 0 Å². The van der Waals surface area contributed by atoms with E-state index in [1.54, 1.807) is 0 Å².